The second kappa shape index (κ2) is 10.6. The Morgan fingerprint density at radius 2 is 1.76 bits per heavy atom. The van der Waals surface area contributed by atoms with Crippen molar-refractivity contribution in [1.29, 1.82) is 0 Å². The summed E-state index contributed by atoms with van der Waals surface area (Å²) < 4.78 is 0. The number of anilines is 2. The number of nitrogens with one attached hydrogen (secondary N) is 1. The number of fused-ring (bicyclic) bond motifs is 1. The highest BCUT2D eigenvalue weighted by atomic mass is 16.2. The first kappa shape index (κ1) is 23.7. The van der Waals surface area contributed by atoms with Crippen LogP contribution in [0.4, 0.5) is 11.4 Å². The first-order chi connectivity index (χ1) is 16.5. The van der Waals surface area contributed by atoms with Crippen LogP contribution in [-0.2, 0) is 16.0 Å². The lowest BCUT2D eigenvalue weighted by atomic mass is 9.95. The number of aryl methyl sites for hydroxylation is 1. The van der Waals surface area contributed by atoms with Gasteiger partial charge in [0, 0.05) is 37.2 Å². The Bertz CT molecular complexity index is 1080. The molecule has 1 N–H and O–H groups in total. The molecule has 178 valence electrons. The van der Waals surface area contributed by atoms with E-state index in [9.17, 15) is 14.4 Å². The van der Waals surface area contributed by atoms with E-state index in [0.717, 1.165) is 31.4 Å². The summed E-state index contributed by atoms with van der Waals surface area (Å²) in [5.74, 6) is -0.582. The van der Waals surface area contributed by atoms with Crippen LogP contribution in [0.25, 0.3) is 0 Å². The molecule has 1 saturated heterocycles. The lowest BCUT2D eigenvalue weighted by Gasteiger charge is -2.30. The smallest absolute Gasteiger partial charge is 0.258 e. The highest BCUT2D eigenvalue weighted by Gasteiger charge is 2.41. The Labute approximate surface area is 200 Å². The molecule has 2 aromatic carbocycles. The predicted molar refractivity (Wildman–Crippen MR) is 134 cm³/mol. The largest absolute Gasteiger partial charge is 0.337 e. The van der Waals surface area contributed by atoms with Crippen molar-refractivity contribution in [1.82, 2.24) is 4.90 Å². The Morgan fingerprint density at radius 1 is 1.03 bits per heavy atom. The molecule has 1 unspecified atom stereocenters. The summed E-state index contributed by atoms with van der Waals surface area (Å²) in [6, 6.07) is 14.8. The monoisotopic (exact) mass is 460 g/mol. The van der Waals surface area contributed by atoms with Crippen LogP contribution in [-0.4, -0.2) is 41.4 Å². The van der Waals surface area contributed by atoms with E-state index < -0.39 is 5.92 Å². The molecule has 2 aliphatic rings. The molecule has 3 amide bonds. The first-order valence-electron chi connectivity index (χ1n) is 12.2. The van der Waals surface area contributed by atoms with Crippen molar-refractivity contribution >= 4 is 34.8 Å². The molecule has 2 aromatic rings. The molecule has 0 aromatic heterocycles. The van der Waals surface area contributed by atoms with Crippen LogP contribution in [0.15, 0.2) is 53.6 Å². The summed E-state index contributed by atoms with van der Waals surface area (Å²) in [6.45, 7) is 5.08. The fraction of sp³-hybridized carbons (Fsp3) is 0.407. The maximum Gasteiger partial charge on any atom is 0.258 e. The second-order valence-electron chi connectivity index (χ2n) is 8.90. The highest BCUT2D eigenvalue weighted by Crippen LogP contribution is 2.29. The van der Waals surface area contributed by atoms with E-state index in [0.29, 0.717) is 42.9 Å². The molecule has 7 heteroatoms. The first-order valence-corrected chi connectivity index (χ1v) is 12.2. The molecular weight excluding hydrogens is 428 g/mol. The zero-order chi connectivity index (χ0) is 24.1. The number of rotatable bonds is 8. The summed E-state index contributed by atoms with van der Waals surface area (Å²) in [6.07, 6.45) is 5.01. The van der Waals surface area contributed by atoms with Crippen LogP contribution in [0.3, 0.4) is 0 Å². The molecule has 2 aliphatic heterocycles. The van der Waals surface area contributed by atoms with Crippen molar-refractivity contribution in [2.75, 3.05) is 23.4 Å². The minimum atomic E-state index is -0.412. The number of nitrogens with zero attached hydrogens (tertiary/aromatic N) is 3. The topological polar surface area (TPSA) is 82.1 Å². The van der Waals surface area contributed by atoms with Crippen LogP contribution < -0.4 is 10.3 Å². The third kappa shape index (κ3) is 5.19. The Morgan fingerprint density at radius 3 is 2.44 bits per heavy atom. The Balaban J connectivity index is 1.38. The average Bonchev–Trinajstić information content (AvgIpc) is 3.20. The van der Waals surface area contributed by atoms with Crippen LogP contribution >= 0.6 is 0 Å². The van der Waals surface area contributed by atoms with Crippen LogP contribution in [0.5, 0.6) is 0 Å². The van der Waals surface area contributed by atoms with Crippen molar-refractivity contribution in [3.63, 3.8) is 0 Å². The number of unbranched alkanes of at least 4 members (excludes halogenated alkanes) is 2. The van der Waals surface area contributed by atoms with Gasteiger partial charge >= 0.3 is 0 Å². The fourth-order valence-corrected chi connectivity index (χ4v) is 4.39. The van der Waals surface area contributed by atoms with Gasteiger partial charge in [-0.25, -0.2) is 5.01 Å². The quantitative estimate of drug-likeness (QED) is 0.583. The van der Waals surface area contributed by atoms with Gasteiger partial charge < -0.3 is 10.2 Å². The van der Waals surface area contributed by atoms with Crippen molar-refractivity contribution in [2.45, 2.75) is 52.4 Å². The summed E-state index contributed by atoms with van der Waals surface area (Å²) in [4.78, 5) is 39.9. The lowest BCUT2D eigenvalue weighted by Crippen LogP contribution is -2.46. The molecule has 2 heterocycles. The molecule has 34 heavy (non-hydrogen) atoms. The number of carbonyl (C=O) groups excluding carboxylic acids is 3. The molecule has 0 saturated carbocycles. The summed E-state index contributed by atoms with van der Waals surface area (Å²) >= 11 is 0. The normalized spacial score (nSPS) is 17.4. The van der Waals surface area contributed by atoms with E-state index in [1.165, 1.54) is 10.6 Å². The molecule has 7 nitrogen and oxygen atoms in total. The maximum absolute atomic E-state index is 13.1. The number of hydrogen-bond donors (Lipinski definition) is 1. The van der Waals surface area contributed by atoms with E-state index >= 15 is 0 Å². The number of piperidine rings is 1. The van der Waals surface area contributed by atoms with Gasteiger partial charge in [-0.2, -0.15) is 5.10 Å². The molecule has 4 rings (SSSR count). The van der Waals surface area contributed by atoms with Gasteiger partial charge in [0.15, 0.2) is 0 Å². The zero-order valence-corrected chi connectivity index (χ0v) is 19.9. The molecule has 0 spiro atoms. The predicted octanol–water partition coefficient (Wildman–Crippen LogP) is 4.63. The van der Waals surface area contributed by atoms with Crippen LogP contribution in [0.1, 0.15) is 61.9 Å². The number of likely N-dealkylation sites (tertiary alicyclic amines) is 1. The van der Waals surface area contributed by atoms with E-state index in [4.69, 9.17) is 0 Å². The molecule has 0 radical (unpaired) electrons. The van der Waals surface area contributed by atoms with Gasteiger partial charge in [-0.3, -0.25) is 14.4 Å². The average molecular weight is 461 g/mol. The fourth-order valence-electron chi connectivity index (χ4n) is 4.39. The van der Waals surface area contributed by atoms with Gasteiger partial charge in [-0.1, -0.05) is 38.8 Å². The van der Waals surface area contributed by atoms with Gasteiger partial charge in [0.05, 0.1) is 17.3 Å². The molecule has 1 fully saturated rings. The van der Waals surface area contributed by atoms with Gasteiger partial charge in [0.1, 0.15) is 0 Å². The third-order valence-corrected chi connectivity index (χ3v) is 6.48. The van der Waals surface area contributed by atoms with Crippen LogP contribution in [0.2, 0.25) is 0 Å². The number of hydrazone groups is 1. The number of hydrogen-bond acceptors (Lipinski definition) is 4. The van der Waals surface area contributed by atoms with Crippen molar-refractivity contribution in [3.8, 4) is 0 Å². The van der Waals surface area contributed by atoms with Crippen LogP contribution in [0, 0.1) is 5.92 Å². The summed E-state index contributed by atoms with van der Waals surface area (Å²) in [7, 11) is 0. The SMILES string of the molecule is CCCCCC(=O)Nc1ccc(N2N=C3CCN(C(=O)c4ccc(CC)cc4)CC3C2=O)cc1. The number of carbonyl (C=O) groups is 3. The van der Waals surface area contributed by atoms with Gasteiger partial charge in [0.2, 0.25) is 5.91 Å². The standard InChI is InChI=1S/C27H32N4O3/c1-3-5-6-7-25(32)28-21-12-14-22(15-13-21)31-27(34)23-18-30(17-16-24(23)29-31)26(33)20-10-8-19(4-2)9-11-20/h8-15,23H,3-7,16-18H2,1-2H3,(H,28,32). The molecule has 0 aliphatic carbocycles. The van der Waals surface area contributed by atoms with Crippen molar-refractivity contribution in [2.24, 2.45) is 11.0 Å². The van der Waals surface area contributed by atoms with Gasteiger partial charge in [-0.05, 0) is 54.8 Å². The van der Waals surface area contributed by atoms with Gasteiger partial charge in [0.25, 0.3) is 11.8 Å². The molecule has 0 bridgehead atoms. The molecular formula is C27H32N4O3. The third-order valence-electron chi connectivity index (χ3n) is 6.48. The minimum Gasteiger partial charge on any atom is -0.337 e. The number of benzene rings is 2. The van der Waals surface area contributed by atoms with Crippen molar-refractivity contribution in [3.05, 3.63) is 59.7 Å². The second-order valence-corrected chi connectivity index (χ2v) is 8.90. The highest BCUT2D eigenvalue weighted by molar-refractivity contribution is 6.16. The van der Waals surface area contributed by atoms with E-state index in [2.05, 4.69) is 24.3 Å². The van der Waals surface area contributed by atoms with E-state index in [1.807, 2.05) is 24.3 Å². The summed E-state index contributed by atoms with van der Waals surface area (Å²) in [5, 5.41) is 8.89. The Hall–Kier alpha value is -3.48. The maximum atomic E-state index is 13.1. The van der Waals surface area contributed by atoms with E-state index in [1.54, 1.807) is 29.2 Å². The Kier molecular flexibility index (Phi) is 7.40. The van der Waals surface area contributed by atoms with Crippen molar-refractivity contribution < 1.29 is 14.4 Å². The minimum absolute atomic E-state index is 0.00111. The molecule has 1 atom stereocenters. The summed E-state index contributed by atoms with van der Waals surface area (Å²) in [5.41, 5.74) is 4.01. The van der Waals surface area contributed by atoms with E-state index in [-0.39, 0.29) is 17.7 Å². The van der Waals surface area contributed by atoms with Gasteiger partial charge in [-0.15, -0.1) is 0 Å². The lowest BCUT2D eigenvalue weighted by molar-refractivity contribution is -0.120. The number of amides is 3. The zero-order valence-electron chi connectivity index (χ0n) is 19.9.